The number of amides is 1. The number of aromatic nitrogens is 1. The van der Waals surface area contributed by atoms with Gasteiger partial charge in [0, 0.05) is 45.3 Å². The fraction of sp³-hybridized carbons (Fsp3) is 0.417. The van der Waals surface area contributed by atoms with E-state index in [1.165, 1.54) is 6.07 Å². The molecule has 0 aliphatic carbocycles. The molecule has 2 saturated heterocycles. The summed E-state index contributed by atoms with van der Waals surface area (Å²) in [5, 5.41) is 1.01. The van der Waals surface area contributed by atoms with Gasteiger partial charge in [-0.1, -0.05) is 18.2 Å². The van der Waals surface area contributed by atoms with Crippen LogP contribution in [0.2, 0.25) is 0 Å². The normalized spacial score (nSPS) is 20.3. The largest absolute Gasteiger partial charge is 0.377 e. The second-order valence-electron chi connectivity index (χ2n) is 8.37. The third kappa shape index (κ3) is 3.70. The average molecular weight is 440 g/mol. The molecule has 0 bridgehead atoms. The van der Waals surface area contributed by atoms with Crippen molar-refractivity contribution in [2.45, 2.75) is 37.3 Å². The van der Waals surface area contributed by atoms with Crippen LogP contribution in [-0.4, -0.2) is 54.2 Å². The van der Waals surface area contributed by atoms with Crippen molar-refractivity contribution in [3.05, 3.63) is 59.4 Å². The van der Waals surface area contributed by atoms with Gasteiger partial charge in [-0.15, -0.1) is 11.3 Å². The number of piperidine rings is 1. The Kier molecular flexibility index (Phi) is 5.40. The molecule has 1 aromatic heterocycles. The second-order valence-corrected chi connectivity index (χ2v) is 9.49. The number of aryl methyl sites for hydroxylation is 1. The van der Waals surface area contributed by atoms with Gasteiger partial charge in [0.25, 0.3) is 0 Å². The number of hydrogen-bond donors (Lipinski definition) is 0. The number of thiazole rings is 1. The topological polar surface area (TPSA) is 45.7 Å². The zero-order chi connectivity index (χ0) is 21.4. The number of carbonyl (C=O) groups excluding carboxylic acids is 1. The maximum absolute atomic E-state index is 13.8. The number of hydrogen-bond acceptors (Lipinski definition) is 5. The van der Waals surface area contributed by atoms with Crippen LogP contribution in [0, 0.1) is 5.82 Å². The molecular weight excluding hydrogens is 413 g/mol. The Morgan fingerprint density at radius 1 is 1.23 bits per heavy atom. The summed E-state index contributed by atoms with van der Waals surface area (Å²) in [4.78, 5) is 21.7. The van der Waals surface area contributed by atoms with Crippen molar-refractivity contribution in [3.63, 3.8) is 0 Å². The highest BCUT2D eigenvalue weighted by Crippen LogP contribution is 2.44. The molecule has 1 unspecified atom stereocenters. The zero-order valence-electron chi connectivity index (χ0n) is 17.6. The number of methoxy groups -OCH3 is 1. The van der Waals surface area contributed by atoms with Gasteiger partial charge in [0.15, 0.2) is 0 Å². The number of nitrogens with zero attached hydrogens (tertiary/aromatic N) is 3. The number of ether oxygens (including phenoxy) is 1. The summed E-state index contributed by atoms with van der Waals surface area (Å²) in [6.07, 6.45) is 2.92. The summed E-state index contributed by atoms with van der Waals surface area (Å²) in [7, 11) is 1.74. The number of fused-ring (bicyclic) bond motifs is 1. The van der Waals surface area contributed by atoms with E-state index in [-0.39, 0.29) is 23.4 Å². The van der Waals surface area contributed by atoms with Crippen molar-refractivity contribution in [2.24, 2.45) is 0 Å². The van der Waals surface area contributed by atoms with Gasteiger partial charge < -0.3 is 14.5 Å². The molecule has 0 saturated carbocycles. The fourth-order valence-electron chi connectivity index (χ4n) is 5.01. The summed E-state index contributed by atoms with van der Waals surface area (Å²) in [5.74, 6) is -0.0457. The van der Waals surface area contributed by atoms with Crippen LogP contribution in [0.15, 0.2) is 48.5 Å². The Balaban J connectivity index is 1.21. The van der Waals surface area contributed by atoms with E-state index in [1.54, 1.807) is 30.6 Å². The molecule has 5 rings (SSSR count). The molecular formula is C24H26FN3O2S. The number of rotatable bonds is 5. The molecule has 2 fully saturated rings. The molecule has 1 amide bonds. The minimum Gasteiger partial charge on any atom is -0.377 e. The van der Waals surface area contributed by atoms with Gasteiger partial charge in [0.05, 0.1) is 26.9 Å². The average Bonchev–Trinajstić information content (AvgIpc) is 3.20. The van der Waals surface area contributed by atoms with E-state index in [1.807, 2.05) is 29.2 Å². The first-order valence-electron chi connectivity index (χ1n) is 10.8. The Morgan fingerprint density at radius 2 is 2.03 bits per heavy atom. The van der Waals surface area contributed by atoms with E-state index >= 15 is 0 Å². The van der Waals surface area contributed by atoms with Crippen molar-refractivity contribution < 1.29 is 13.9 Å². The number of para-hydroxylation sites is 1. The third-order valence-electron chi connectivity index (χ3n) is 6.76. The maximum atomic E-state index is 13.8. The number of likely N-dealkylation sites (tertiary alicyclic amines) is 1. The predicted molar refractivity (Wildman–Crippen MR) is 121 cm³/mol. The van der Waals surface area contributed by atoms with Crippen molar-refractivity contribution in [1.29, 1.82) is 0 Å². The standard InChI is InChI=1S/C24H26FN3O2S/c1-30-21-16-28(18-6-4-5-17(25)15-18)24(21)11-13-27(14-12-24)23(29)10-9-22-26-19-7-2-3-8-20(19)31-22/h2-8,15,21H,9-14,16H2,1H3. The summed E-state index contributed by atoms with van der Waals surface area (Å²) in [5.41, 5.74) is 1.73. The maximum Gasteiger partial charge on any atom is 0.222 e. The third-order valence-corrected chi connectivity index (χ3v) is 7.86. The Bertz CT molecular complexity index is 1060. The lowest BCUT2D eigenvalue weighted by atomic mass is 9.73. The lowest BCUT2D eigenvalue weighted by Crippen LogP contribution is -2.74. The van der Waals surface area contributed by atoms with Crippen LogP contribution in [0.1, 0.15) is 24.3 Å². The molecule has 2 aliphatic rings. The summed E-state index contributed by atoms with van der Waals surface area (Å²) in [6.45, 7) is 2.15. The smallest absolute Gasteiger partial charge is 0.222 e. The van der Waals surface area contributed by atoms with Gasteiger partial charge >= 0.3 is 0 Å². The minimum absolute atomic E-state index is 0.107. The molecule has 3 heterocycles. The minimum atomic E-state index is -0.226. The number of benzene rings is 2. The van der Waals surface area contributed by atoms with Crippen LogP contribution < -0.4 is 4.90 Å². The van der Waals surface area contributed by atoms with Crippen LogP contribution >= 0.6 is 11.3 Å². The SMILES string of the molecule is COC1CN(c2cccc(F)c2)C12CCN(C(=O)CCc1nc3ccccc3s1)CC2. The molecule has 5 nitrogen and oxygen atoms in total. The van der Waals surface area contributed by atoms with Gasteiger partial charge in [0.2, 0.25) is 5.91 Å². The van der Waals surface area contributed by atoms with Crippen LogP contribution in [0.25, 0.3) is 10.2 Å². The molecule has 0 radical (unpaired) electrons. The second kappa shape index (κ2) is 8.20. The van der Waals surface area contributed by atoms with E-state index < -0.39 is 0 Å². The van der Waals surface area contributed by atoms with Crippen molar-refractivity contribution in [1.82, 2.24) is 9.88 Å². The van der Waals surface area contributed by atoms with Gasteiger partial charge in [-0.3, -0.25) is 4.79 Å². The quantitative estimate of drug-likeness (QED) is 0.596. The van der Waals surface area contributed by atoms with Gasteiger partial charge in [-0.05, 0) is 43.2 Å². The summed E-state index contributed by atoms with van der Waals surface area (Å²) >= 11 is 1.67. The fourth-order valence-corrected chi connectivity index (χ4v) is 5.98. The lowest BCUT2D eigenvalue weighted by molar-refractivity contribution is -0.135. The first-order chi connectivity index (χ1) is 15.1. The number of anilines is 1. The van der Waals surface area contributed by atoms with Crippen molar-refractivity contribution in [2.75, 3.05) is 31.6 Å². The monoisotopic (exact) mass is 439 g/mol. The van der Waals surface area contributed by atoms with E-state index in [4.69, 9.17) is 4.74 Å². The highest BCUT2D eigenvalue weighted by molar-refractivity contribution is 7.18. The molecule has 2 aromatic carbocycles. The van der Waals surface area contributed by atoms with Crippen LogP contribution in [0.5, 0.6) is 0 Å². The van der Waals surface area contributed by atoms with Crippen LogP contribution in [-0.2, 0) is 16.0 Å². The lowest BCUT2D eigenvalue weighted by Gasteiger charge is -2.61. The van der Waals surface area contributed by atoms with Crippen LogP contribution in [0.3, 0.4) is 0 Å². The first kappa shape index (κ1) is 20.4. The Morgan fingerprint density at radius 3 is 2.77 bits per heavy atom. The molecule has 7 heteroatoms. The van der Waals surface area contributed by atoms with E-state index in [2.05, 4.69) is 16.0 Å². The van der Waals surface area contributed by atoms with Crippen LogP contribution in [0.4, 0.5) is 10.1 Å². The molecule has 1 atom stereocenters. The van der Waals surface area contributed by atoms with Gasteiger partial charge in [-0.25, -0.2) is 9.37 Å². The molecule has 31 heavy (non-hydrogen) atoms. The highest BCUT2D eigenvalue weighted by Gasteiger charge is 2.55. The zero-order valence-corrected chi connectivity index (χ0v) is 18.4. The predicted octanol–water partition coefficient (Wildman–Crippen LogP) is 4.26. The number of carbonyl (C=O) groups is 1. The highest BCUT2D eigenvalue weighted by atomic mass is 32.1. The van der Waals surface area contributed by atoms with Crippen molar-refractivity contribution >= 4 is 33.1 Å². The van der Waals surface area contributed by atoms with E-state index in [9.17, 15) is 9.18 Å². The Labute approximate surface area is 185 Å². The van der Waals surface area contributed by atoms with E-state index in [0.29, 0.717) is 25.9 Å². The molecule has 0 N–H and O–H groups in total. The molecule has 1 spiro atoms. The van der Waals surface area contributed by atoms with Crippen molar-refractivity contribution in [3.8, 4) is 0 Å². The molecule has 3 aromatic rings. The van der Waals surface area contributed by atoms with Gasteiger partial charge in [-0.2, -0.15) is 0 Å². The first-order valence-corrected chi connectivity index (χ1v) is 11.6. The number of halogens is 1. The molecule has 162 valence electrons. The van der Waals surface area contributed by atoms with E-state index in [0.717, 1.165) is 40.3 Å². The summed E-state index contributed by atoms with van der Waals surface area (Å²) in [6, 6.07) is 14.8. The van der Waals surface area contributed by atoms with Gasteiger partial charge in [0.1, 0.15) is 5.82 Å². The Hall–Kier alpha value is -2.51. The molecule has 2 aliphatic heterocycles. The summed E-state index contributed by atoms with van der Waals surface area (Å²) < 4.78 is 20.7.